The van der Waals surface area contributed by atoms with Crippen molar-refractivity contribution in [3.05, 3.63) is 0 Å². The van der Waals surface area contributed by atoms with Gasteiger partial charge in [-0.05, 0) is 19.3 Å². The molecule has 4 nitrogen and oxygen atoms in total. The molecule has 14 heavy (non-hydrogen) atoms. The fraction of sp³-hybridized carbons (Fsp3) is 0.900. The SMILES string of the molecule is CC(O)CCN(C)C(=O)C(N)C(C)C. The molecule has 0 aliphatic rings. The van der Waals surface area contributed by atoms with Gasteiger partial charge in [0.05, 0.1) is 12.1 Å². The van der Waals surface area contributed by atoms with Gasteiger partial charge in [-0.1, -0.05) is 13.8 Å². The molecule has 0 saturated carbocycles. The van der Waals surface area contributed by atoms with E-state index in [0.29, 0.717) is 13.0 Å². The summed E-state index contributed by atoms with van der Waals surface area (Å²) in [7, 11) is 1.72. The number of carbonyl (C=O) groups is 1. The van der Waals surface area contributed by atoms with Crippen molar-refractivity contribution in [1.82, 2.24) is 4.90 Å². The number of aliphatic hydroxyl groups excluding tert-OH is 1. The summed E-state index contributed by atoms with van der Waals surface area (Å²) in [5, 5.41) is 9.06. The average molecular weight is 202 g/mol. The maximum absolute atomic E-state index is 11.6. The number of hydrogen-bond acceptors (Lipinski definition) is 3. The van der Waals surface area contributed by atoms with E-state index in [4.69, 9.17) is 10.8 Å². The molecule has 2 atom stereocenters. The molecular weight excluding hydrogens is 180 g/mol. The quantitative estimate of drug-likeness (QED) is 0.669. The third-order valence-electron chi connectivity index (χ3n) is 2.26. The van der Waals surface area contributed by atoms with Crippen molar-refractivity contribution < 1.29 is 9.90 Å². The van der Waals surface area contributed by atoms with E-state index in [1.165, 1.54) is 0 Å². The maximum Gasteiger partial charge on any atom is 0.239 e. The number of aliphatic hydroxyl groups is 1. The number of nitrogens with zero attached hydrogens (tertiary/aromatic N) is 1. The molecule has 0 saturated heterocycles. The Bertz CT molecular complexity index is 181. The van der Waals surface area contributed by atoms with Crippen LogP contribution in [0.1, 0.15) is 27.2 Å². The smallest absolute Gasteiger partial charge is 0.239 e. The minimum Gasteiger partial charge on any atom is -0.393 e. The predicted molar refractivity (Wildman–Crippen MR) is 56.7 cm³/mol. The summed E-state index contributed by atoms with van der Waals surface area (Å²) in [6, 6.07) is -0.436. The molecule has 0 aromatic carbocycles. The van der Waals surface area contributed by atoms with Crippen LogP contribution in [0.3, 0.4) is 0 Å². The van der Waals surface area contributed by atoms with E-state index in [-0.39, 0.29) is 17.9 Å². The number of likely N-dealkylation sites (N-methyl/N-ethyl adjacent to an activating group) is 1. The Labute approximate surface area is 86.1 Å². The highest BCUT2D eigenvalue weighted by Crippen LogP contribution is 2.03. The van der Waals surface area contributed by atoms with Crippen molar-refractivity contribution >= 4 is 5.91 Å². The van der Waals surface area contributed by atoms with Crippen molar-refractivity contribution in [3.8, 4) is 0 Å². The standard InChI is InChI=1S/C10H22N2O2/c1-7(2)9(11)10(14)12(4)6-5-8(3)13/h7-9,13H,5-6,11H2,1-4H3. The van der Waals surface area contributed by atoms with Gasteiger partial charge >= 0.3 is 0 Å². The zero-order chi connectivity index (χ0) is 11.3. The van der Waals surface area contributed by atoms with Gasteiger partial charge in [0, 0.05) is 13.6 Å². The lowest BCUT2D eigenvalue weighted by Crippen LogP contribution is -2.45. The number of hydrogen-bond donors (Lipinski definition) is 2. The fourth-order valence-corrected chi connectivity index (χ4v) is 1.03. The zero-order valence-corrected chi connectivity index (χ0v) is 9.53. The number of amides is 1. The second-order valence-corrected chi connectivity index (χ2v) is 4.17. The summed E-state index contributed by atoms with van der Waals surface area (Å²) >= 11 is 0. The van der Waals surface area contributed by atoms with Gasteiger partial charge in [-0.15, -0.1) is 0 Å². The van der Waals surface area contributed by atoms with Gasteiger partial charge in [0.1, 0.15) is 0 Å². The third-order valence-corrected chi connectivity index (χ3v) is 2.26. The molecular formula is C10H22N2O2. The lowest BCUT2D eigenvalue weighted by molar-refractivity contribution is -0.132. The van der Waals surface area contributed by atoms with E-state index in [0.717, 1.165) is 0 Å². The Kier molecular flexibility index (Phi) is 5.72. The number of carbonyl (C=O) groups excluding carboxylic acids is 1. The monoisotopic (exact) mass is 202 g/mol. The highest BCUT2D eigenvalue weighted by molar-refractivity contribution is 5.81. The first-order valence-corrected chi connectivity index (χ1v) is 5.05. The van der Waals surface area contributed by atoms with E-state index in [1.54, 1.807) is 18.9 Å². The lowest BCUT2D eigenvalue weighted by Gasteiger charge is -2.23. The zero-order valence-electron chi connectivity index (χ0n) is 9.53. The van der Waals surface area contributed by atoms with Crippen LogP contribution < -0.4 is 5.73 Å². The Balaban J connectivity index is 3.99. The highest BCUT2D eigenvalue weighted by Gasteiger charge is 2.20. The molecule has 2 unspecified atom stereocenters. The van der Waals surface area contributed by atoms with Crippen LogP contribution in [0.5, 0.6) is 0 Å². The summed E-state index contributed by atoms with van der Waals surface area (Å²) < 4.78 is 0. The van der Waals surface area contributed by atoms with Gasteiger partial charge in [0.25, 0.3) is 0 Å². The van der Waals surface area contributed by atoms with Gasteiger partial charge in [-0.2, -0.15) is 0 Å². The van der Waals surface area contributed by atoms with Crippen molar-refractivity contribution in [2.45, 2.75) is 39.3 Å². The molecule has 0 fully saturated rings. The minimum absolute atomic E-state index is 0.0550. The van der Waals surface area contributed by atoms with Gasteiger partial charge in [0.2, 0.25) is 5.91 Å². The van der Waals surface area contributed by atoms with Gasteiger partial charge < -0.3 is 15.7 Å². The molecule has 0 spiro atoms. The summed E-state index contributed by atoms with van der Waals surface area (Å²) in [4.78, 5) is 13.2. The number of rotatable bonds is 5. The first-order valence-electron chi connectivity index (χ1n) is 5.05. The van der Waals surface area contributed by atoms with Crippen LogP contribution in [0.4, 0.5) is 0 Å². The molecule has 0 rings (SSSR count). The lowest BCUT2D eigenvalue weighted by atomic mass is 10.0. The molecule has 0 aromatic heterocycles. The van der Waals surface area contributed by atoms with Gasteiger partial charge in [-0.25, -0.2) is 0 Å². The summed E-state index contributed by atoms with van der Waals surface area (Å²) in [6.07, 6.45) is 0.216. The van der Waals surface area contributed by atoms with Crippen molar-refractivity contribution in [2.75, 3.05) is 13.6 Å². The second-order valence-electron chi connectivity index (χ2n) is 4.17. The van der Waals surface area contributed by atoms with E-state index in [9.17, 15) is 4.79 Å². The average Bonchev–Trinajstić information content (AvgIpc) is 2.11. The second kappa shape index (κ2) is 5.98. The van der Waals surface area contributed by atoms with Crippen molar-refractivity contribution in [2.24, 2.45) is 11.7 Å². The Hall–Kier alpha value is -0.610. The van der Waals surface area contributed by atoms with E-state index in [1.807, 2.05) is 13.8 Å². The molecule has 84 valence electrons. The maximum atomic E-state index is 11.6. The molecule has 0 bridgehead atoms. The van der Waals surface area contributed by atoms with Crippen LogP contribution in [0.2, 0.25) is 0 Å². The van der Waals surface area contributed by atoms with Crippen molar-refractivity contribution in [3.63, 3.8) is 0 Å². The summed E-state index contributed by atoms with van der Waals surface area (Å²) in [5.74, 6) is 0.0946. The Morgan fingerprint density at radius 2 is 1.93 bits per heavy atom. The molecule has 1 amide bonds. The van der Waals surface area contributed by atoms with E-state index >= 15 is 0 Å². The molecule has 0 aromatic rings. The molecule has 0 aliphatic carbocycles. The van der Waals surface area contributed by atoms with Gasteiger partial charge in [-0.3, -0.25) is 4.79 Å². The molecule has 0 radical (unpaired) electrons. The normalized spacial score (nSPS) is 15.4. The summed E-state index contributed by atoms with van der Waals surface area (Å²) in [6.45, 7) is 6.10. The molecule has 0 aliphatic heterocycles. The van der Waals surface area contributed by atoms with E-state index in [2.05, 4.69) is 0 Å². The summed E-state index contributed by atoms with van der Waals surface area (Å²) in [5.41, 5.74) is 5.71. The van der Waals surface area contributed by atoms with Crippen LogP contribution in [0, 0.1) is 5.92 Å². The minimum atomic E-state index is -0.436. The molecule has 0 heterocycles. The topological polar surface area (TPSA) is 66.6 Å². The first kappa shape index (κ1) is 13.4. The Morgan fingerprint density at radius 1 is 1.43 bits per heavy atom. The third kappa shape index (κ3) is 4.58. The van der Waals surface area contributed by atoms with Crippen molar-refractivity contribution in [1.29, 1.82) is 0 Å². The van der Waals surface area contributed by atoms with Crippen LogP contribution >= 0.6 is 0 Å². The fourth-order valence-electron chi connectivity index (χ4n) is 1.03. The van der Waals surface area contributed by atoms with Crippen LogP contribution in [-0.4, -0.2) is 41.7 Å². The first-order chi connectivity index (χ1) is 6.36. The van der Waals surface area contributed by atoms with E-state index < -0.39 is 6.04 Å². The van der Waals surface area contributed by atoms with Gasteiger partial charge in [0.15, 0.2) is 0 Å². The molecule has 3 N–H and O–H groups in total. The van der Waals surface area contributed by atoms with Crippen LogP contribution in [-0.2, 0) is 4.79 Å². The largest absolute Gasteiger partial charge is 0.393 e. The predicted octanol–water partition coefficient (Wildman–Crippen LogP) is 0.199. The number of nitrogens with two attached hydrogens (primary N) is 1. The highest BCUT2D eigenvalue weighted by atomic mass is 16.3. The van der Waals surface area contributed by atoms with Crippen LogP contribution in [0.25, 0.3) is 0 Å². The Morgan fingerprint density at radius 3 is 2.29 bits per heavy atom. The van der Waals surface area contributed by atoms with Crippen LogP contribution in [0.15, 0.2) is 0 Å². The molecule has 4 heteroatoms.